The van der Waals surface area contributed by atoms with Crippen LogP contribution in [0.3, 0.4) is 0 Å². The summed E-state index contributed by atoms with van der Waals surface area (Å²) in [6.45, 7) is 5.16. The number of halogens is 1. The first-order valence-electron chi connectivity index (χ1n) is 12.1. The summed E-state index contributed by atoms with van der Waals surface area (Å²) < 4.78 is 1.64. The van der Waals surface area contributed by atoms with E-state index >= 15 is 0 Å². The van der Waals surface area contributed by atoms with E-state index in [0.717, 1.165) is 18.7 Å². The van der Waals surface area contributed by atoms with Crippen LogP contribution >= 0.6 is 11.6 Å². The first-order valence-corrected chi connectivity index (χ1v) is 12.5. The van der Waals surface area contributed by atoms with E-state index in [0.29, 0.717) is 5.02 Å². The SMILES string of the molecule is CCCCCCCCCCCCCCCCCCNC(=O)Cn1ncc(Cl)c1C. The van der Waals surface area contributed by atoms with Crippen molar-refractivity contribution in [2.45, 2.75) is 123 Å². The summed E-state index contributed by atoms with van der Waals surface area (Å²) in [7, 11) is 0. The van der Waals surface area contributed by atoms with E-state index < -0.39 is 0 Å². The molecule has 29 heavy (non-hydrogen) atoms. The molecule has 0 bridgehead atoms. The highest BCUT2D eigenvalue weighted by Crippen LogP contribution is 2.14. The van der Waals surface area contributed by atoms with Gasteiger partial charge in [-0.3, -0.25) is 9.48 Å². The molecular weight excluding hydrogens is 382 g/mol. The van der Waals surface area contributed by atoms with Gasteiger partial charge in [0.1, 0.15) is 6.54 Å². The van der Waals surface area contributed by atoms with Gasteiger partial charge in [0.05, 0.1) is 16.9 Å². The van der Waals surface area contributed by atoms with Crippen LogP contribution in [0.1, 0.15) is 115 Å². The number of rotatable bonds is 19. The number of carbonyl (C=O) groups is 1. The van der Waals surface area contributed by atoms with Crippen molar-refractivity contribution in [1.82, 2.24) is 15.1 Å². The average molecular weight is 426 g/mol. The summed E-state index contributed by atoms with van der Waals surface area (Å²) in [5.74, 6) is 0.00817. The summed E-state index contributed by atoms with van der Waals surface area (Å²) in [5.41, 5.74) is 0.837. The molecule has 0 aromatic carbocycles. The molecule has 1 N–H and O–H groups in total. The maximum atomic E-state index is 11.9. The molecule has 0 atom stereocenters. The molecule has 0 saturated heterocycles. The fourth-order valence-electron chi connectivity index (χ4n) is 3.68. The number of hydrogen-bond acceptors (Lipinski definition) is 2. The first-order chi connectivity index (χ1) is 14.1. The lowest BCUT2D eigenvalue weighted by atomic mass is 10.0. The number of nitrogens with one attached hydrogen (secondary N) is 1. The van der Waals surface area contributed by atoms with Gasteiger partial charge in [-0.25, -0.2) is 0 Å². The smallest absolute Gasteiger partial charge is 0.241 e. The van der Waals surface area contributed by atoms with Gasteiger partial charge in [-0.15, -0.1) is 0 Å². The van der Waals surface area contributed by atoms with Crippen LogP contribution in [0.15, 0.2) is 6.20 Å². The van der Waals surface area contributed by atoms with Gasteiger partial charge in [-0.2, -0.15) is 5.10 Å². The second-order valence-corrected chi connectivity index (χ2v) is 8.80. The van der Waals surface area contributed by atoms with Gasteiger partial charge in [0, 0.05) is 6.54 Å². The summed E-state index contributed by atoms with van der Waals surface area (Å²) in [5, 5.41) is 7.69. The molecule has 1 amide bonds. The quantitative estimate of drug-likeness (QED) is 0.238. The van der Waals surface area contributed by atoms with Gasteiger partial charge in [-0.05, 0) is 13.3 Å². The molecule has 0 unspecified atom stereocenters. The molecular formula is C24H44ClN3O. The van der Waals surface area contributed by atoms with E-state index in [1.807, 2.05) is 6.92 Å². The van der Waals surface area contributed by atoms with Crippen LogP contribution in [0.25, 0.3) is 0 Å². The average Bonchev–Trinajstić information content (AvgIpc) is 3.02. The number of unbranched alkanes of at least 4 members (excludes halogenated alkanes) is 15. The van der Waals surface area contributed by atoms with E-state index in [2.05, 4.69) is 17.3 Å². The molecule has 5 heteroatoms. The van der Waals surface area contributed by atoms with Crippen molar-refractivity contribution < 1.29 is 4.79 Å². The second kappa shape index (κ2) is 17.8. The predicted octanol–water partition coefficient (Wildman–Crippen LogP) is 7.22. The van der Waals surface area contributed by atoms with Crippen molar-refractivity contribution in [1.29, 1.82) is 0 Å². The Morgan fingerprint density at radius 2 is 1.31 bits per heavy atom. The Labute approximate surface area is 184 Å². The lowest BCUT2D eigenvalue weighted by Gasteiger charge is -2.07. The van der Waals surface area contributed by atoms with Gasteiger partial charge in [0.25, 0.3) is 0 Å². The van der Waals surface area contributed by atoms with Crippen LogP contribution in [0.5, 0.6) is 0 Å². The van der Waals surface area contributed by atoms with Crippen LogP contribution in [-0.4, -0.2) is 22.2 Å². The maximum Gasteiger partial charge on any atom is 0.241 e. The van der Waals surface area contributed by atoms with Crippen molar-refractivity contribution in [2.75, 3.05) is 6.54 Å². The zero-order chi connectivity index (χ0) is 21.2. The Morgan fingerprint density at radius 3 is 1.72 bits per heavy atom. The number of amides is 1. The predicted molar refractivity (Wildman–Crippen MR) is 125 cm³/mol. The topological polar surface area (TPSA) is 46.9 Å². The fraction of sp³-hybridized carbons (Fsp3) is 0.833. The summed E-state index contributed by atoms with van der Waals surface area (Å²) >= 11 is 5.95. The van der Waals surface area contributed by atoms with Crippen molar-refractivity contribution >= 4 is 17.5 Å². The number of nitrogens with zero attached hydrogens (tertiary/aromatic N) is 2. The zero-order valence-electron chi connectivity index (χ0n) is 19.0. The zero-order valence-corrected chi connectivity index (χ0v) is 19.7. The maximum absolute atomic E-state index is 11.9. The third-order valence-corrected chi connectivity index (χ3v) is 6.06. The number of aromatic nitrogens is 2. The van der Waals surface area contributed by atoms with E-state index in [1.165, 1.54) is 96.3 Å². The molecule has 1 aromatic rings. The third-order valence-electron chi connectivity index (χ3n) is 5.69. The number of carbonyl (C=O) groups excluding carboxylic acids is 1. The Balaban J connectivity index is 1.79. The summed E-state index contributed by atoms with van der Waals surface area (Å²) in [4.78, 5) is 11.9. The molecule has 0 radical (unpaired) electrons. The normalized spacial score (nSPS) is 11.1. The molecule has 0 fully saturated rings. The Bertz CT molecular complexity index is 530. The summed E-state index contributed by atoms with van der Waals surface area (Å²) in [6, 6.07) is 0. The molecule has 0 aliphatic heterocycles. The minimum absolute atomic E-state index is 0.00817. The second-order valence-electron chi connectivity index (χ2n) is 8.39. The van der Waals surface area contributed by atoms with Crippen LogP contribution in [-0.2, 0) is 11.3 Å². The van der Waals surface area contributed by atoms with Crippen molar-refractivity contribution in [3.05, 3.63) is 16.9 Å². The molecule has 1 aromatic heterocycles. The standard InChI is InChI=1S/C24H44ClN3O/c1-3-4-5-6-7-8-9-10-11-12-13-14-15-16-17-18-19-26-24(29)21-28-22(2)23(25)20-27-28/h20H,3-19,21H2,1-2H3,(H,26,29). The van der Waals surface area contributed by atoms with Gasteiger partial charge in [-0.1, -0.05) is 115 Å². The van der Waals surface area contributed by atoms with Gasteiger partial charge >= 0.3 is 0 Å². The Hall–Kier alpha value is -1.03. The number of hydrogen-bond donors (Lipinski definition) is 1. The monoisotopic (exact) mass is 425 g/mol. The van der Waals surface area contributed by atoms with Gasteiger partial charge in [0.15, 0.2) is 0 Å². The van der Waals surface area contributed by atoms with Crippen LogP contribution in [0.2, 0.25) is 5.02 Å². The van der Waals surface area contributed by atoms with Gasteiger partial charge in [0.2, 0.25) is 5.91 Å². The molecule has 1 heterocycles. The van der Waals surface area contributed by atoms with E-state index in [1.54, 1.807) is 10.9 Å². The lowest BCUT2D eigenvalue weighted by Crippen LogP contribution is -2.29. The molecule has 0 aliphatic rings. The fourth-order valence-corrected chi connectivity index (χ4v) is 3.82. The first kappa shape index (κ1) is 26.0. The van der Waals surface area contributed by atoms with Crippen LogP contribution < -0.4 is 5.32 Å². The van der Waals surface area contributed by atoms with Crippen molar-refractivity contribution in [3.8, 4) is 0 Å². The minimum atomic E-state index is 0.00817. The minimum Gasteiger partial charge on any atom is -0.354 e. The van der Waals surface area contributed by atoms with Crippen LogP contribution in [0, 0.1) is 6.92 Å². The third kappa shape index (κ3) is 13.8. The molecule has 0 saturated carbocycles. The molecule has 168 valence electrons. The van der Waals surface area contributed by atoms with Crippen molar-refractivity contribution in [3.63, 3.8) is 0 Å². The van der Waals surface area contributed by atoms with E-state index in [4.69, 9.17) is 11.6 Å². The molecule has 4 nitrogen and oxygen atoms in total. The summed E-state index contributed by atoms with van der Waals surface area (Å²) in [6.07, 6.45) is 23.4. The molecule has 1 rings (SSSR count). The molecule has 0 spiro atoms. The molecule has 0 aliphatic carbocycles. The van der Waals surface area contributed by atoms with E-state index in [-0.39, 0.29) is 12.5 Å². The Kier molecular flexibility index (Phi) is 16.0. The van der Waals surface area contributed by atoms with Crippen molar-refractivity contribution in [2.24, 2.45) is 0 Å². The Morgan fingerprint density at radius 1 is 0.862 bits per heavy atom. The highest BCUT2D eigenvalue weighted by atomic mass is 35.5. The highest BCUT2D eigenvalue weighted by Gasteiger charge is 2.08. The lowest BCUT2D eigenvalue weighted by molar-refractivity contribution is -0.121. The van der Waals surface area contributed by atoms with E-state index in [9.17, 15) is 4.79 Å². The highest BCUT2D eigenvalue weighted by molar-refractivity contribution is 6.31. The van der Waals surface area contributed by atoms with Crippen LogP contribution in [0.4, 0.5) is 0 Å². The largest absolute Gasteiger partial charge is 0.354 e. The van der Waals surface area contributed by atoms with Gasteiger partial charge < -0.3 is 5.32 Å².